The summed E-state index contributed by atoms with van der Waals surface area (Å²) in [7, 11) is 0. The number of rotatable bonds is 1. The molecular formula is C15H18N2O2. The lowest BCUT2D eigenvalue weighted by Gasteiger charge is -2.33. The van der Waals surface area contributed by atoms with Gasteiger partial charge in [0.15, 0.2) is 5.76 Å². The van der Waals surface area contributed by atoms with E-state index in [4.69, 9.17) is 4.42 Å². The molecule has 1 aliphatic heterocycles. The first-order valence-corrected chi connectivity index (χ1v) is 6.67. The van der Waals surface area contributed by atoms with E-state index in [0.717, 1.165) is 30.6 Å². The van der Waals surface area contributed by atoms with Crippen molar-refractivity contribution in [2.24, 2.45) is 0 Å². The number of furan rings is 1. The fraction of sp³-hybridized carbons (Fsp3) is 0.400. The zero-order valence-corrected chi connectivity index (χ0v) is 11.3. The molecule has 4 heteroatoms. The summed E-state index contributed by atoms with van der Waals surface area (Å²) in [6, 6.07) is 8.00. The van der Waals surface area contributed by atoms with Crippen molar-refractivity contribution in [3.8, 4) is 0 Å². The van der Waals surface area contributed by atoms with Crippen molar-refractivity contribution in [1.29, 1.82) is 0 Å². The summed E-state index contributed by atoms with van der Waals surface area (Å²) in [5.74, 6) is 0.428. The van der Waals surface area contributed by atoms with Crippen LogP contribution in [-0.2, 0) is 0 Å². The predicted octanol–water partition coefficient (Wildman–Crippen LogP) is 2.18. The number of benzene rings is 1. The number of hydrogen-bond donors (Lipinski definition) is 1. The van der Waals surface area contributed by atoms with Gasteiger partial charge in [-0.1, -0.05) is 11.6 Å². The number of nitrogens with one attached hydrogen (secondary N) is 1. The maximum absolute atomic E-state index is 12.5. The molecule has 0 unspecified atom stereocenters. The molecule has 1 saturated heterocycles. The molecule has 1 aromatic heterocycles. The normalized spacial score (nSPS) is 19.9. The van der Waals surface area contributed by atoms with E-state index in [1.165, 1.54) is 5.56 Å². The molecule has 19 heavy (non-hydrogen) atoms. The van der Waals surface area contributed by atoms with Gasteiger partial charge in [0.25, 0.3) is 5.91 Å². The maximum atomic E-state index is 12.5. The van der Waals surface area contributed by atoms with Crippen LogP contribution in [0.3, 0.4) is 0 Å². The molecule has 0 radical (unpaired) electrons. The zero-order chi connectivity index (χ0) is 13.4. The summed E-state index contributed by atoms with van der Waals surface area (Å²) in [6.07, 6.45) is 0. The third kappa shape index (κ3) is 2.24. The van der Waals surface area contributed by atoms with Gasteiger partial charge in [-0.2, -0.15) is 0 Å². The molecule has 2 aromatic rings. The second kappa shape index (κ2) is 4.70. The molecule has 0 saturated carbocycles. The second-order valence-electron chi connectivity index (χ2n) is 5.20. The lowest BCUT2D eigenvalue weighted by atomic mass is 10.1. The van der Waals surface area contributed by atoms with Crippen molar-refractivity contribution in [3.63, 3.8) is 0 Å². The predicted molar refractivity (Wildman–Crippen MR) is 74.3 cm³/mol. The molecule has 1 aliphatic rings. The Kier molecular flexibility index (Phi) is 3.03. The minimum absolute atomic E-state index is 0.0112. The molecule has 1 aromatic carbocycles. The van der Waals surface area contributed by atoms with E-state index < -0.39 is 0 Å². The average Bonchev–Trinajstić information content (AvgIpc) is 2.81. The molecule has 0 bridgehead atoms. The molecule has 0 aliphatic carbocycles. The topological polar surface area (TPSA) is 45.5 Å². The maximum Gasteiger partial charge on any atom is 0.289 e. The van der Waals surface area contributed by atoms with Gasteiger partial charge in [0.05, 0.1) is 0 Å². The van der Waals surface area contributed by atoms with Gasteiger partial charge >= 0.3 is 0 Å². The molecule has 1 amide bonds. The van der Waals surface area contributed by atoms with Crippen molar-refractivity contribution in [1.82, 2.24) is 10.2 Å². The first-order valence-electron chi connectivity index (χ1n) is 6.67. The van der Waals surface area contributed by atoms with Crippen LogP contribution >= 0.6 is 0 Å². The molecule has 0 spiro atoms. The van der Waals surface area contributed by atoms with E-state index >= 15 is 0 Å². The third-order valence-electron chi connectivity index (χ3n) is 3.64. The summed E-state index contributed by atoms with van der Waals surface area (Å²) in [5, 5.41) is 4.27. The number of amides is 1. The lowest BCUT2D eigenvalue weighted by molar-refractivity contribution is 0.0625. The van der Waals surface area contributed by atoms with Crippen LogP contribution in [0.5, 0.6) is 0 Å². The molecule has 1 fully saturated rings. The quantitative estimate of drug-likeness (QED) is 0.852. The van der Waals surface area contributed by atoms with E-state index in [1.54, 1.807) is 0 Å². The van der Waals surface area contributed by atoms with Gasteiger partial charge in [-0.05, 0) is 32.0 Å². The van der Waals surface area contributed by atoms with Crippen molar-refractivity contribution in [3.05, 3.63) is 35.6 Å². The van der Waals surface area contributed by atoms with E-state index in [9.17, 15) is 4.79 Å². The van der Waals surface area contributed by atoms with Crippen molar-refractivity contribution in [2.45, 2.75) is 19.9 Å². The number of fused-ring (bicyclic) bond motifs is 1. The van der Waals surface area contributed by atoms with Gasteiger partial charge in [0.1, 0.15) is 5.58 Å². The number of hydrogen-bond acceptors (Lipinski definition) is 3. The zero-order valence-electron chi connectivity index (χ0n) is 11.3. The van der Waals surface area contributed by atoms with Gasteiger partial charge in [-0.15, -0.1) is 0 Å². The summed E-state index contributed by atoms with van der Waals surface area (Å²) >= 11 is 0. The smallest absolute Gasteiger partial charge is 0.289 e. The highest BCUT2D eigenvalue weighted by Gasteiger charge is 2.26. The highest BCUT2D eigenvalue weighted by atomic mass is 16.3. The minimum atomic E-state index is -0.0112. The number of piperazine rings is 1. The number of aryl methyl sites for hydroxylation is 1. The Morgan fingerprint density at radius 1 is 1.42 bits per heavy atom. The fourth-order valence-corrected chi connectivity index (χ4v) is 2.55. The molecule has 100 valence electrons. The van der Waals surface area contributed by atoms with E-state index in [0.29, 0.717) is 5.76 Å². The van der Waals surface area contributed by atoms with Crippen LogP contribution in [0.2, 0.25) is 0 Å². The third-order valence-corrected chi connectivity index (χ3v) is 3.64. The number of carbonyl (C=O) groups is 1. The first kappa shape index (κ1) is 12.2. The Morgan fingerprint density at radius 3 is 3.05 bits per heavy atom. The van der Waals surface area contributed by atoms with Gasteiger partial charge in [-0.3, -0.25) is 4.79 Å². The van der Waals surface area contributed by atoms with Gasteiger partial charge in [0, 0.05) is 31.1 Å². The highest BCUT2D eigenvalue weighted by molar-refractivity contribution is 5.96. The highest BCUT2D eigenvalue weighted by Crippen LogP contribution is 2.22. The number of nitrogens with zero attached hydrogens (tertiary/aromatic N) is 1. The van der Waals surface area contributed by atoms with Crippen LogP contribution in [0, 0.1) is 6.92 Å². The van der Waals surface area contributed by atoms with Crippen LogP contribution in [-0.4, -0.2) is 36.5 Å². The Morgan fingerprint density at radius 2 is 2.26 bits per heavy atom. The molecule has 2 heterocycles. The van der Waals surface area contributed by atoms with Crippen LogP contribution in [0.1, 0.15) is 23.0 Å². The van der Waals surface area contributed by atoms with Crippen LogP contribution < -0.4 is 5.32 Å². The van der Waals surface area contributed by atoms with Gasteiger partial charge < -0.3 is 14.6 Å². The van der Waals surface area contributed by atoms with Crippen LogP contribution in [0.4, 0.5) is 0 Å². The molecular weight excluding hydrogens is 240 g/mol. The molecule has 4 nitrogen and oxygen atoms in total. The minimum Gasteiger partial charge on any atom is -0.451 e. The summed E-state index contributed by atoms with van der Waals surface area (Å²) in [5.41, 5.74) is 1.94. The monoisotopic (exact) mass is 258 g/mol. The summed E-state index contributed by atoms with van der Waals surface area (Å²) in [6.45, 7) is 6.50. The Balaban J connectivity index is 1.92. The van der Waals surface area contributed by atoms with E-state index in [2.05, 4.69) is 12.2 Å². The average molecular weight is 258 g/mol. The van der Waals surface area contributed by atoms with Gasteiger partial charge in [-0.25, -0.2) is 0 Å². The fourth-order valence-electron chi connectivity index (χ4n) is 2.55. The summed E-state index contributed by atoms with van der Waals surface area (Å²) in [4.78, 5) is 14.3. The lowest BCUT2D eigenvalue weighted by Crippen LogP contribution is -2.52. The van der Waals surface area contributed by atoms with Crippen LogP contribution in [0.15, 0.2) is 28.7 Å². The second-order valence-corrected chi connectivity index (χ2v) is 5.20. The Bertz CT molecular complexity index is 618. The van der Waals surface area contributed by atoms with Crippen molar-refractivity contribution < 1.29 is 9.21 Å². The van der Waals surface area contributed by atoms with Crippen molar-refractivity contribution >= 4 is 16.9 Å². The van der Waals surface area contributed by atoms with Crippen LogP contribution in [0.25, 0.3) is 11.0 Å². The molecule has 1 N–H and O–H groups in total. The Labute approximate surface area is 112 Å². The number of carbonyl (C=O) groups excluding carboxylic acids is 1. The SMILES string of the molecule is Cc1ccc2oc(C(=O)N3CCNC[C@@H]3C)cc2c1. The molecule has 1 atom stereocenters. The molecule has 3 rings (SSSR count). The van der Waals surface area contributed by atoms with Gasteiger partial charge in [0.2, 0.25) is 0 Å². The standard InChI is InChI=1S/C15H18N2O2/c1-10-3-4-13-12(7-10)8-14(19-13)15(18)17-6-5-16-9-11(17)2/h3-4,7-8,11,16H,5-6,9H2,1-2H3/t11-/m0/s1. The Hall–Kier alpha value is -1.81. The summed E-state index contributed by atoms with van der Waals surface area (Å²) < 4.78 is 5.67. The first-order chi connectivity index (χ1) is 9.15. The van der Waals surface area contributed by atoms with Crippen molar-refractivity contribution in [2.75, 3.05) is 19.6 Å². The largest absolute Gasteiger partial charge is 0.451 e. The van der Waals surface area contributed by atoms with E-state index in [-0.39, 0.29) is 11.9 Å². The van der Waals surface area contributed by atoms with E-state index in [1.807, 2.05) is 36.1 Å².